The van der Waals surface area contributed by atoms with E-state index < -0.39 is 0 Å². The van der Waals surface area contributed by atoms with E-state index in [-0.39, 0.29) is 23.7 Å². The molecule has 7 nitrogen and oxygen atoms in total. The minimum absolute atomic E-state index is 0.116. The summed E-state index contributed by atoms with van der Waals surface area (Å²) in [5.41, 5.74) is 1.89. The zero-order chi connectivity index (χ0) is 17.4. The molecule has 8 heteroatoms. The maximum atomic E-state index is 12.7. The van der Waals surface area contributed by atoms with Crippen LogP contribution in [-0.4, -0.2) is 25.1 Å². The van der Waals surface area contributed by atoms with Crippen LogP contribution in [0.4, 0.5) is 5.69 Å². The maximum Gasteiger partial charge on any atom is 0.297 e. The van der Waals surface area contributed by atoms with Crippen molar-refractivity contribution in [3.8, 4) is 0 Å². The summed E-state index contributed by atoms with van der Waals surface area (Å²) in [7, 11) is 0. The fraction of sp³-hybridized carbons (Fsp3) is 0.0588. The van der Waals surface area contributed by atoms with Crippen molar-refractivity contribution in [3.63, 3.8) is 0 Å². The molecule has 124 valence electrons. The van der Waals surface area contributed by atoms with Crippen molar-refractivity contribution in [2.24, 2.45) is 0 Å². The molecule has 2 aromatic heterocycles. The van der Waals surface area contributed by atoms with Crippen LogP contribution in [0.2, 0.25) is 0 Å². The van der Waals surface area contributed by atoms with Crippen molar-refractivity contribution in [3.05, 3.63) is 69.7 Å². The fourth-order valence-electron chi connectivity index (χ4n) is 2.75. The van der Waals surface area contributed by atoms with Crippen LogP contribution in [0, 0.1) is 0 Å². The summed E-state index contributed by atoms with van der Waals surface area (Å²) in [5.74, 6) is -0.297. The lowest BCUT2D eigenvalue weighted by Crippen LogP contribution is -2.29. The molecule has 0 radical (unpaired) electrons. The zero-order valence-electron chi connectivity index (χ0n) is 12.9. The third-order valence-corrected chi connectivity index (χ3v) is 4.32. The van der Waals surface area contributed by atoms with E-state index in [1.807, 2.05) is 30.3 Å². The lowest BCUT2D eigenvalue weighted by Gasteiger charge is -2.12. The molecule has 2 heterocycles. The van der Waals surface area contributed by atoms with E-state index in [1.165, 1.54) is 10.9 Å². The second-order valence-electron chi connectivity index (χ2n) is 5.46. The molecule has 0 bridgehead atoms. The third-order valence-electron chi connectivity index (χ3n) is 3.83. The number of aromatic nitrogens is 4. The van der Waals surface area contributed by atoms with Gasteiger partial charge in [-0.3, -0.25) is 18.6 Å². The first-order valence-corrected chi connectivity index (χ1v) is 8.29. The molecule has 0 fully saturated rings. The van der Waals surface area contributed by atoms with Gasteiger partial charge in [-0.1, -0.05) is 34.1 Å². The number of hydrogen-bond acceptors (Lipinski definition) is 4. The molecule has 25 heavy (non-hydrogen) atoms. The number of amides is 1. The van der Waals surface area contributed by atoms with Gasteiger partial charge in [0.25, 0.3) is 5.56 Å². The lowest BCUT2D eigenvalue weighted by molar-refractivity contribution is -0.116. The van der Waals surface area contributed by atoms with Crippen LogP contribution in [0.3, 0.4) is 0 Å². The Morgan fingerprint density at radius 1 is 1.12 bits per heavy atom. The van der Waals surface area contributed by atoms with Gasteiger partial charge < -0.3 is 5.32 Å². The highest BCUT2D eigenvalue weighted by Crippen LogP contribution is 2.16. The monoisotopic (exact) mass is 397 g/mol. The summed E-state index contributed by atoms with van der Waals surface area (Å²) in [5, 5.41) is 10.5. The van der Waals surface area contributed by atoms with Gasteiger partial charge in [0.15, 0.2) is 0 Å². The number of nitrogens with one attached hydrogen (secondary N) is 1. The summed E-state index contributed by atoms with van der Waals surface area (Å²) in [6.07, 6.45) is 1.49. The van der Waals surface area contributed by atoms with Gasteiger partial charge in [-0.25, -0.2) is 0 Å². The van der Waals surface area contributed by atoms with Crippen molar-refractivity contribution in [2.45, 2.75) is 6.54 Å². The van der Waals surface area contributed by atoms with Crippen LogP contribution >= 0.6 is 15.9 Å². The van der Waals surface area contributed by atoms with Crippen molar-refractivity contribution in [1.82, 2.24) is 19.2 Å². The van der Waals surface area contributed by atoms with Crippen molar-refractivity contribution >= 4 is 44.2 Å². The Labute approximate surface area is 150 Å². The minimum Gasteiger partial charge on any atom is -0.324 e. The molecule has 0 atom stereocenters. The van der Waals surface area contributed by atoms with E-state index in [9.17, 15) is 9.59 Å². The van der Waals surface area contributed by atoms with E-state index in [1.54, 1.807) is 22.6 Å². The highest BCUT2D eigenvalue weighted by molar-refractivity contribution is 9.10. The normalized spacial score (nSPS) is 11.1. The Bertz CT molecular complexity index is 1160. The first-order chi connectivity index (χ1) is 12.1. The maximum absolute atomic E-state index is 12.7. The van der Waals surface area contributed by atoms with E-state index in [0.717, 1.165) is 9.99 Å². The van der Waals surface area contributed by atoms with Gasteiger partial charge in [-0.05, 0) is 30.3 Å². The molecule has 4 aromatic rings. The van der Waals surface area contributed by atoms with E-state index in [2.05, 4.69) is 31.4 Å². The lowest BCUT2D eigenvalue weighted by atomic mass is 10.3. The largest absolute Gasteiger partial charge is 0.324 e. The quantitative estimate of drug-likeness (QED) is 0.575. The number of hydrogen-bond donors (Lipinski definition) is 1. The van der Waals surface area contributed by atoms with Gasteiger partial charge in [0.1, 0.15) is 12.9 Å². The van der Waals surface area contributed by atoms with Crippen molar-refractivity contribution < 1.29 is 4.79 Å². The van der Waals surface area contributed by atoms with Gasteiger partial charge in [-0.15, -0.1) is 10.2 Å². The van der Waals surface area contributed by atoms with Gasteiger partial charge in [0.2, 0.25) is 11.6 Å². The molecule has 0 saturated carbocycles. The molecule has 0 aliphatic rings. The average molecular weight is 398 g/mol. The van der Waals surface area contributed by atoms with E-state index in [0.29, 0.717) is 11.2 Å². The molecule has 0 spiro atoms. The predicted molar refractivity (Wildman–Crippen MR) is 97.5 cm³/mol. The Balaban J connectivity index is 1.76. The standard InChI is InChI=1S/C17H12BrN5O2/c18-11-4-3-5-12(8-11)20-15(24)9-22-13-6-1-2-7-14(13)23-10-19-21-16(23)17(22)25/h1-8,10H,9H2,(H,20,24). The highest BCUT2D eigenvalue weighted by atomic mass is 79.9. The molecule has 0 unspecified atom stereocenters. The number of fused-ring (bicyclic) bond motifs is 3. The first-order valence-electron chi connectivity index (χ1n) is 7.50. The van der Waals surface area contributed by atoms with Crippen LogP contribution in [0.25, 0.3) is 16.7 Å². The number of anilines is 1. The van der Waals surface area contributed by atoms with Crippen molar-refractivity contribution in [2.75, 3.05) is 5.32 Å². The van der Waals surface area contributed by atoms with Gasteiger partial charge in [0.05, 0.1) is 11.0 Å². The predicted octanol–water partition coefficient (Wildman–Crippen LogP) is 2.45. The number of carbonyl (C=O) groups is 1. The Morgan fingerprint density at radius 2 is 1.92 bits per heavy atom. The van der Waals surface area contributed by atoms with Gasteiger partial charge in [0, 0.05) is 10.2 Å². The zero-order valence-corrected chi connectivity index (χ0v) is 14.5. The van der Waals surface area contributed by atoms with Crippen LogP contribution in [0.5, 0.6) is 0 Å². The number of nitrogens with zero attached hydrogens (tertiary/aromatic N) is 4. The Morgan fingerprint density at radius 3 is 2.72 bits per heavy atom. The van der Waals surface area contributed by atoms with Crippen molar-refractivity contribution in [1.29, 1.82) is 0 Å². The summed E-state index contributed by atoms with van der Waals surface area (Å²) in [4.78, 5) is 25.1. The Kier molecular flexibility index (Phi) is 3.81. The average Bonchev–Trinajstić information content (AvgIpc) is 3.09. The molecule has 4 rings (SSSR count). The molecular formula is C17H12BrN5O2. The molecule has 2 aromatic carbocycles. The molecule has 1 N–H and O–H groups in total. The molecule has 1 amide bonds. The minimum atomic E-state index is -0.361. The van der Waals surface area contributed by atoms with Gasteiger partial charge >= 0.3 is 0 Å². The number of carbonyl (C=O) groups excluding carboxylic acids is 1. The smallest absolute Gasteiger partial charge is 0.297 e. The summed E-state index contributed by atoms with van der Waals surface area (Å²) in [6.45, 7) is -0.116. The third kappa shape index (κ3) is 2.80. The molecular weight excluding hydrogens is 386 g/mol. The molecule has 0 aliphatic carbocycles. The Hall–Kier alpha value is -3.00. The van der Waals surface area contributed by atoms with Crippen LogP contribution in [0.1, 0.15) is 0 Å². The van der Waals surface area contributed by atoms with Crippen LogP contribution in [0.15, 0.2) is 64.1 Å². The second-order valence-corrected chi connectivity index (χ2v) is 6.38. The SMILES string of the molecule is O=C(Cn1c(=O)c2nncn2c2ccccc21)Nc1cccc(Br)c1. The topological polar surface area (TPSA) is 81.3 Å². The summed E-state index contributed by atoms with van der Waals surface area (Å²) >= 11 is 3.36. The van der Waals surface area contributed by atoms with Crippen LogP contribution < -0.4 is 10.9 Å². The summed E-state index contributed by atoms with van der Waals surface area (Å²) in [6, 6.07) is 14.6. The van der Waals surface area contributed by atoms with Gasteiger partial charge in [-0.2, -0.15) is 0 Å². The highest BCUT2D eigenvalue weighted by Gasteiger charge is 2.14. The molecule has 0 saturated heterocycles. The second kappa shape index (κ2) is 6.14. The first kappa shape index (κ1) is 15.5. The summed E-state index contributed by atoms with van der Waals surface area (Å²) < 4.78 is 3.89. The molecule has 0 aliphatic heterocycles. The fourth-order valence-corrected chi connectivity index (χ4v) is 3.15. The number of halogens is 1. The number of benzene rings is 2. The van der Waals surface area contributed by atoms with E-state index >= 15 is 0 Å². The van der Waals surface area contributed by atoms with E-state index in [4.69, 9.17) is 0 Å². The number of rotatable bonds is 3. The number of para-hydroxylation sites is 2. The van der Waals surface area contributed by atoms with Crippen LogP contribution in [-0.2, 0) is 11.3 Å².